The van der Waals surface area contributed by atoms with E-state index in [0.717, 1.165) is 0 Å². The average molecular weight is 390 g/mol. The van der Waals surface area contributed by atoms with Crippen LogP contribution in [0.25, 0.3) is 11.4 Å². The number of halogens is 1. The second-order valence-corrected chi connectivity index (χ2v) is 6.60. The molecular formula is C18H16ClN3O3S. The van der Waals surface area contributed by atoms with Crippen molar-refractivity contribution < 1.29 is 14.3 Å². The molecule has 1 N–H and O–H groups in total. The number of Topliss-reactive ketones (excluding diaryl/α,β-unsaturated/α-hetero) is 1. The number of nitrogens with one attached hydrogen (secondary N) is 1. The monoisotopic (exact) mass is 389 g/mol. The predicted molar refractivity (Wildman–Crippen MR) is 101 cm³/mol. The van der Waals surface area contributed by atoms with Crippen LogP contribution in [0, 0.1) is 0 Å². The van der Waals surface area contributed by atoms with Gasteiger partial charge >= 0.3 is 0 Å². The van der Waals surface area contributed by atoms with Gasteiger partial charge in [0.1, 0.15) is 11.5 Å². The molecule has 8 heteroatoms. The second-order valence-electron chi connectivity index (χ2n) is 5.22. The first-order valence-corrected chi connectivity index (χ1v) is 9.04. The lowest BCUT2D eigenvalue weighted by atomic mass is 10.1. The van der Waals surface area contributed by atoms with Crippen molar-refractivity contribution >= 4 is 29.1 Å². The Morgan fingerprint density at radius 1 is 1.15 bits per heavy atom. The van der Waals surface area contributed by atoms with Crippen LogP contribution in [0.4, 0.5) is 0 Å². The largest absolute Gasteiger partial charge is 0.496 e. The molecule has 26 heavy (non-hydrogen) atoms. The van der Waals surface area contributed by atoms with Crippen LogP contribution in [0.5, 0.6) is 11.5 Å². The molecule has 0 radical (unpaired) electrons. The summed E-state index contributed by atoms with van der Waals surface area (Å²) in [4.78, 5) is 16.8. The van der Waals surface area contributed by atoms with E-state index in [2.05, 4.69) is 15.2 Å². The Labute approximate surface area is 159 Å². The Balaban J connectivity index is 1.73. The molecule has 134 valence electrons. The van der Waals surface area contributed by atoms with E-state index >= 15 is 0 Å². The number of carbonyl (C=O) groups is 1. The molecule has 0 amide bonds. The maximum atomic E-state index is 12.4. The number of ketones is 1. The molecule has 3 rings (SSSR count). The predicted octanol–water partition coefficient (Wildman–Crippen LogP) is 4.12. The topological polar surface area (TPSA) is 77.1 Å². The molecule has 0 atom stereocenters. The highest BCUT2D eigenvalue weighted by Crippen LogP contribution is 2.31. The zero-order valence-electron chi connectivity index (χ0n) is 14.2. The van der Waals surface area contributed by atoms with Crippen molar-refractivity contribution in [3.63, 3.8) is 0 Å². The van der Waals surface area contributed by atoms with Crippen molar-refractivity contribution in [1.82, 2.24) is 15.2 Å². The minimum atomic E-state index is -0.0564. The smallest absolute Gasteiger partial charge is 0.209 e. The van der Waals surface area contributed by atoms with Crippen molar-refractivity contribution in [2.75, 3.05) is 20.0 Å². The summed E-state index contributed by atoms with van der Waals surface area (Å²) in [5.74, 6) is 1.85. The van der Waals surface area contributed by atoms with Crippen molar-refractivity contribution in [3.05, 3.63) is 53.1 Å². The highest BCUT2D eigenvalue weighted by atomic mass is 35.5. The fourth-order valence-corrected chi connectivity index (χ4v) is 3.23. The molecule has 0 aliphatic carbocycles. The van der Waals surface area contributed by atoms with Crippen molar-refractivity contribution in [1.29, 1.82) is 0 Å². The molecule has 0 saturated heterocycles. The van der Waals surface area contributed by atoms with Crippen LogP contribution in [-0.2, 0) is 0 Å². The van der Waals surface area contributed by atoms with E-state index in [0.29, 0.717) is 38.6 Å². The van der Waals surface area contributed by atoms with Crippen LogP contribution >= 0.6 is 23.4 Å². The standard InChI is InChI=1S/C18H16ClN3O3S/c1-24-15-6-4-3-5-12(15)14(23)10-26-18-20-17(21-22-18)13-9-11(19)7-8-16(13)25-2/h3-9H,10H2,1-2H3,(H,20,21,22). The maximum absolute atomic E-state index is 12.4. The molecule has 0 aliphatic heterocycles. The fraction of sp³-hybridized carbons (Fsp3) is 0.167. The lowest BCUT2D eigenvalue weighted by Gasteiger charge is -2.06. The number of methoxy groups -OCH3 is 2. The summed E-state index contributed by atoms with van der Waals surface area (Å²) in [6, 6.07) is 12.4. The number of hydrogen-bond acceptors (Lipinski definition) is 6. The first-order valence-electron chi connectivity index (χ1n) is 7.67. The van der Waals surface area contributed by atoms with Crippen LogP contribution in [0.1, 0.15) is 10.4 Å². The molecule has 0 unspecified atom stereocenters. The maximum Gasteiger partial charge on any atom is 0.209 e. The number of para-hydroxylation sites is 1. The minimum Gasteiger partial charge on any atom is -0.496 e. The number of thioether (sulfide) groups is 1. The van der Waals surface area contributed by atoms with E-state index < -0.39 is 0 Å². The third kappa shape index (κ3) is 4.00. The number of rotatable bonds is 7. The molecule has 2 aromatic carbocycles. The SMILES string of the molecule is COc1ccccc1C(=O)CSc1n[nH]c(-c2cc(Cl)ccc2OC)n1. The van der Waals surface area contributed by atoms with E-state index in [1.807, 2.05) is 6.07 Å². The summed E-state index contributed by atoms with van der Waals surface area (Å²) in [7, 11) is 3.11. The fourth-order valence-electron chi connectivity index (χ4n) is 2.38. The van der Waals surface area contributed by atoms with Crippen molar-refractivity contribution in [2.45, 2.75) is 5.16 Å². The molecule has 6 nitrogen and oxygen atoms in total. The molecule has 3 aromatic rings. The number of hydrogen-bond donors (Lipinski definition) is 1. The Bertz CT molecular complexity index is 930. The number of aromatic nitrogens is 3. The summed E-state index contributed by atoms with van der Waals surface area (Å²) in [6.45, 7) is 0. The molecular weight excluding hydrogens is 374 g/mol. The average Bonchev–Trinajstić information content (AvgIpc) is 3.15. The number of aromatic amines is 1. The molecule has 0 aliphatic rings. The number of carbonyl (C=O) groups excluding carboxylic acids is 1. The first kappa shape index (κ1) is 18.3. The Morgan fingerprint density at radius 2 is 1.92 bits per heavy atom. The van der Waals surface area contributed by atoms with Gasteiger partial charge in [-0.15, -0.1) is 5.10 Å². The first-order chi connectivity index (χ1) is 12.6. The van der Waals surface area contributed by atoms with Gasteiger partial charge in [-0.2, -0.15) is 0 Å². The van der Waals surface area contributed by atoms with E-state index in [1.165, 1.54) is 11.8 Å². The highest BCUT2D eigenvalue weighted by Gasteiger charge is 2.15. The van der Waals surface area contributed by atoms with Gasteiger partial charge in [0.2, 0.25) is 5.16 Å². The van der Waals surface area contributed by atoms with Gasteiger partial charge in [0, 0.05) is 5.02 Å². The van der Waals surface area contributed by atoms with Crippen molar-refractivity contribution in [3.8, 4) is 22.9 Å². The van der Waals surface area contributed by atoms with E-state index in [4.69, 9.17) is 21.1 Å². The third-order valence-corrected chi connectivity index (χ3v) is 4.70. The molecule has 0 fully saturated rings. The van der Waals surface area contributed by atoms with Crippen LogP contribution in [0.2, 0.25) is 5.02 Å². The summed E-state index contributed by atoms with van der Waals surface area (Å²) in [6.07, 6.45) is 0. The lowest BCUT2D eigenvalue weighted by Crippen LogP contribution is -2.05. The van der Waals surface area contributed by atoms with E-state index in [9.17, 15) is 4.79 Å². The zero-order valence-corrected chi connectivity index (χ0v) is 15.7. The number of nitrogens with zero attached hydrogens (tertiary/aromatic N) is 2. The highest BCUT2D eigenvalue weighted by molar-refractivity contribution is 7.99. The zero-order chi connectivity index (χ0) is 18.5. The number of ether oxygens (including phenoxy) is 2. The summed E-state index contributed by atoms with van der Waals surface area (Å²) < 4.78 is 10.5. The number of benzene rings is 2. The molecule has 1 heterocycles. The van der Waals surface area contributed by atoms with Gasteiger partial charge in [-0.05, 0) is 30.3 Å². The second kappa shape index (κ2) is 8.25. The van der Waals surface area contributed by atoms with Crippen LogP contribution in [0.15, 0.2) is 47.6 Å². The lowest BCUT2D eigenvalue weighted by molar-refractivity contribution is 0.101. The molecule has 1 aromatic heterocycles. The van der Waals surface area contributed by atoms with Crippen LogP contribution < -0.4 is 9.47 Å². The quantitative estimate of drug-likeness (QED) is 0.484. The summed E-state index contributed by atoms with van der Waals surface area (Å²) >= 11 is 7.29. The van der Waals surface area contributed by atoms with Crippen molar-refractivity contribution in [2.24, 2.45) is 0 Å². The van der Waals surface area contributed by atoms with Crippen LogP contribution in [0.3, 0.4) is 0 Å². The van der Waals surface area contributed by atoms with Gasteiger partial charge in [0.25, 0.3) is 0 Å². The van der Waals surface area contributed by atoms with Crippen LogP contribution in [-0.4, -0.2) is 40.9 Å². The Morgan fingerprint density at radius 3 is 2.69 bits per heavy atom. The Hall–Kier alpha value is -2.51. The van der Waals surface area contributed by atoms with Gasteiger partial charge in [-0.25, -0.2) is 4.98 Å². The van der Waals surface area contributed by atoms with E-state index in [-0.39, 0.29) is 11.5 Å². The number of H-pyrrole nitrogens is 1. The molecule has 0 saturated carbocycles. The van der Waals surface area contributed by atoms with Gasteiger partial charge in [0.15, 0.2) is 11.6 Å². The molecule has 0 spiro atoms. The van der Waals surface area contributed by atoms with Gasteiger partial charge in [0.05, 0.1) is 31.1 Å². The van der Waals surface area contributed by atoms with Gasteiger partial charge in [-0.1, -0.05) is 35.5 Å². The summed E-state index contributed by atoms with van der Waals surface area (Å²) in [5.41, 5.74) is 1.24. The Kier molecular flexibility index (Phi) is 5.80. The normalized spacial score (nSPS) is 10.6. The van der Waals surface area contributed by atoms with E-state index in [1.54, 1.807) is 50.6 Å². The summed E-state index contributed by atoms with van der Waals surface area (Å²) in [5, 5.41) is 8.03. The minimum absolute atomic E-state index is 0.0564. The molecule has 0 bridgehead atoms. The third-order valence-electron chi connectivity index (χ3n) is 3.62. The van der Waals surface area contributed by atoms with Gasteiger partial charge < -0.3 is 9.47 Å². The van der Waals surface area contributed by atoms with Gasteiger partial charge in [-0.3, -0.25) is 9.89 Å².